The first-order valence-corrected chi connectivity index (χ1v) is 10.9. The number of carbonyl (C=O) groups excluding carboxylic acids is 2. The lowest BCUT2D eigenvalue weighted by molar-refractivity contribution is -0.110. The van der Waals surface area contributed by atoms with E-state index in [1.54, 1.807) is 9.47 Å². The van der Waals surface area contributed by atoms with Gasteiger partial charge in [0, 0.05) is 36.5 Å². The molecule has 0 aliphatic carbocycles. The number of methoxy groups -OCH3 is 1. The highest BCUT2D eigenvalue weighted by Gasteiger charge is 2.50. The van der Waals surface area contributed by atoms with Crippen LogP contribution >= 0.6 is 0 Å². The molecule has 34 heavy (non-hydrogen) atoms. The molecule has 2 aromatic rings. The Morgan fingerprint density at radius 1 is 1.24 bits per heavy atom. The summed E-state index contributed by atoms with van der Waals surface area (Å²) in [5.74, 6) is -5.22. The highest BCUT2D eigenvalue weighted by atomic mass is 19.1. The fourth-order valence-corrected chi connectivity index (χ4v) is 5.27. The van der Waals surface area contributed by atoms with Crippen molar-refractivity contribution in [3.8, 4) is 5.75 Å². The second-order valence-corrected chi connectivity index (χ2v) is 8.69. The first-order chi connectivity index (χ1) is 16.2. The highest BCUT2D eigenvalue weighted by Crippen LogP contribution is 2.46. The minimum Gasteiger partial charge on any atom is -0.491 e. The average Bonchev–Trinajstić information content (AvgIpc) is 3.13. The Kier molecular flexibility index (Phi) is 5.38. The number of nitrogens with zero attached hydrogens (tertiary/aromatic N) is 2. The van der Waals surface area contributed by atoms with Crippen molar-refractivity contribution >= 4 is 11.8 Å². The molecule has 3 atom stereocenters. The molecule has 1 fully saturated rings. The van der Waals surface area contributed by atoms with Crippen LogP contribution in [0.2, 0.25) is 0 Å². The van der Waals surface area contributed by atoms with E-state index >= 15 is 0 Å². The van der Waals surface area contributed by atoms with Gasteiger partial charge in [-0.15, -0.1) is 0 Å². The van der Waals surface area contributed by atoms with Crippen molar-refractivity contribution < 1.29 is 32.2 Å². The summed E-state index contributed by atoms with van der Waals surface area (Å²) >= 11 is 0. The molecular formula is C23H22F3N3O5. The van der Waals surface area contributed by atoms with Gasteiger partial charge in [0.05, 0.1) is 19.8 Å². The number of rotatable bonds is 4. The lowest BCUT2D eigenvalue weighted by Crippen LogP contribution is -2.55. The lowest BCUT2D eigenvalue weighted by atomic mass is 9.99. The van der Waals surface area contributed by atoms with Crippen LogP contribution in [0, 0.1) is 17.5 Å². The zero-order valence-corrected chi connectivity index (χ0v) is 18.5. The van der Waals surface area contributed by atoms with E-state index in [-0.39, 0.29) is 29.0 Å². The smallest absolute Gasteiger partial charge is 0.276 e. The molecule has 1 N–H and O–H groups in total. The Morgan fingerprint density at radius 2 is 1.94 bits per heavy atom. The van der Waals surface area contributed by atoms with Crippen LogP contribution in [0.5, 0.6) is 5.75 Å². The molecule has 5 rings (SSSR count). The SMILES string of the molecule is COc1c2n3c(c(C(=O)NCc4c(F)cc(F)cc4F)c1=O)C(C)CC3C1OCCCN1C2=O. The zero-order chi connectivity index (χ0) is 24.3. The Labute approximate surface area is 192 Å². The molecule has 3 aliphatic rings. The summed E-state index contributed by atoms with van der Waals surface area (Å²) in [6.07, 6.45) is 0.666. The third-order valence-corrected chi connectivity index (χ3v) is 6.69. The van der Waals surface area contributed by atoms with Gasteiger partial charge in [0.1, 0.15) is 23.0 Å². The molecule has 0 bridgehead atoms. The number of carbonyl (C=O) groups is 2. The summed E-state index contributed by atoms with van der Waals surface area (Å²) in [4.78, 5) is 41.4. The molecule has 1 aromatic heterocycles. The Hall–Kier alpha value is -3.34. The highest BCUT2D eigenvalue weighted by molar-refractivity contribution is 6.00. The molecule has 1 saturated heterocycles. The molecule has 2 amide bonds. The van der Waals surface area contributed by atoms with Crippen LogP contribution in [0.4, 0.5) is 13.2 Å². The number of halogens is 3. The van der Waals surface area contributed by atoms with Crippen molar-refractivity contribution in [2.75, 3.05) is 20.3 Å². The molecule has 0 spiro atoms. The number of nitrogens with one attached hydrogen (secondary N) is 1. The van der Waals surface area contributed by atoms with Gasteiger partial charge in [-0.1, -0.05) is 6.92 Å². The summed E-state index contributed by atoms with van der Waals surface area (Å²) < 4.78 is 54.1. The second kappa shape index (κ2) is 8.15. The summed E-state index contributed by atoms with van der Waals surface area (Å²) in [6, 6.07) is 0.704. The van der Waals surface area contributed by atoms with Crippen molar-refractivity contribution in [1.82, 2.24) is 14.8 Å². The number of amides is 2. The van der Waals surface area contributed by atoms with Gasteiger partial charge >= 0.3 is 0 Å². The summed E-state index contributed by atoms with van der Waals surface area (Å²) in [5, 5.41) is 2.36. The maximum absolute atomic E-state index is 14.0. The third kappa shape index (κ3) is 3.21. The van der Waals surface area contributed by atoms with Crippen LogP contribution in [0.15, 0.2) is 16.9 Å². The monoisotopic (exact) mass is 477 g/mol. The molecule has 8 nitrogen and oxygen atoms in total. The second-order valence-electron chi connectivity index (χ2n) is 8.69. The van der Waals surface area contributed by atoms with Gasteiger partial charge in [0.2, 0.25) is 5.43 Å². The Morgan fingerprint density at radius 3 is 2.62 bits per heavy atom. The Balaban J connectivity index is 1.60. The number of aromatic nitrogens is 1. The fourth-order valence-electron chi connectivity index (χ4n) is 5.27. The number of hydrogen-bond donors (Lipinski definition) is 1. The van der Waals surface area contributed by atoms with Crippen LogP contribution in [-0.2, 0) is 11.3 Å². The van der Waals surface area contributed by atoms with Gasteiger partial charge in [-0.25, -0.2) is 13.2 Å². The standard InChI is InChI=1S/C23H22F3N3O5/c1-10-6-15-23-28(4-3-5-34-23)22(32)18-20(33-2)19(30)16(17(10)29(15)18)21(31)27-9-12-13(25)7-11(24)8-14(12)26/h7-8,10,15,23H,3-6,9H2,1-2H3,(H,27,31). The summed E-state index contributed by atoms with van der Waals surface area (Å²) in [7, 11) is 1.24. The predicted molar refractivity (Wildman–Crippen MR) is 112 cm³/mol. The maximum Gasteiger partial charge on any atom is 0.276 e. The van der Waals surface area contributed by atoms with E-state index in [4.69, 9.17) is 9.47 Å². The van der Waals surface area contributed by atoms with Gasteiger partial charge in [-0.3, -0.25) is 14.4 Å². The third-order valence-electron chi connectivity index (χ3n) is 6.69. The average molecular weight is 477 g/mol. The number of hydrogen-bond acceptors (Lipinski definition) is 5. The van der Waals surface area contributed by atoms with Crippen LogP contribution in [0.3, 0.4) is 0 Å². The predicted octanol–water partition coefficient (Wildman–Crippen LogP) is 2.45. The Bertz CT molecular complexity index is 1250. The van der Waals surface area contributed by atoms with Crippen molar-refractivity contribution in [2.24, 2.45) is 0 Å². The van der Waals surface area contributed by atoms with Crippen molar-refractivity contribution in [2.45, 2.75) is 44.5 Å². The number of ether oxygens (including phenoxy) is 2. The van der Waals surface area contributed by atoms with Crippen molar-refractivity contribution in [1.29, 1.82) is 0 Å². The van der Waals surface area contributed by atoms with E-state index in [2.05, 4.69) is 5.32 Å². The first kappa shape index (κ1) is 22.5. The molecule has 4 heterocycles. The number of benzene rings is 1. The molecular weight excluding hydrogens is 455 g/mol. The largest absolute Gasteiger partial charge is 0.491 e. The van der Waals surface area contributed by atoms with E-state index < -0.39 is 53.0 Å². The van der Waals surface area contributed by atoms with E-state index in [0.29, 0.717) is 43.8 Å². The normalized spacial score (nSPS) is 22.9. The fraction of sp³-hybridized carbons (Fsp3) is 0.435. The first-order valence-electron chi connectivity index (χ1n) is 10.9. The topological polar surface area (TPSA) is 89.9 Å². The molecule has 0 radical (unpaired) electrons. The maximum atomic E-state index is 14.0. The van der Waals surface area contributed by atoms with Crippen molar-refractivity contribution in [3.63, 3.8) is 0 Å². The zero-order valence-electron chi connectivity index (χ0n) is 18.5. The molecule has 11 heteroatoms. The van der Waals surface area contributed by atoms with E-state index in [0.717, 1.165) is 0 Å². The number of pyridine rings is 1. The van der Waals surface area contributed by atoms with Crippen LogP contribution in [0.1, 0.15) is 63.8 Å². The van der Waals surface area contributed by atoms with Gasteiger partial charge in [0.25, 0.3) is 11.8 Å². The van der Waals surface area contributed by atoms with Crippen molar-refractivity contribution in [3.05, 3.63) is 62.3 Å². The van der Waals surface area contributed by atoms with E-state index in [1.807, 2.05) is 6.92 Å². The summed E-state index contributed by atoms with van der Waals surface area (Å²) in [6.45, 7) is 2.21. The minimum atomic E-state index is -1.16. The molecule has 0 saturated carbocycles. The van der Waals surface area contributed by atoms with Crippen LogP contribution < -0.4 is 15.5 Å². The van der Waals surface area contributed by atoms with E-state index in [1.165, 1.54) is 7.11 Å². The summed E-state index contributed by atoms with van der Waals surface area (Å²) in [5.41, 5.74) is -1.14. The quantitative estimate of drug-likeness (QED) is 0.731. The lowest BCUT2D eigenvalue weighted by Gasteiger charge is -2.44. The van der Waals surface area contributed by atoms with Gasteiger partial charge < -0.3 is 24.3 Å². The molecule has 1 aromatic carbocycles. The number of fused-ring (bicyclic) bond motifs is 2. The van der Waals surface area contributed by atoms with Crippen LogP contribution in [-0.4, -0.2) is 47.8 Å². The van der Waals surface area contributed by atoms with Crippen LogP contribution in [0.25, 0.3) is 0 Å². The van der Waals surface area contributed by atoms with Gasteiger partial charge in [0.15, 0.2) is 17.7 Å². The molecule has 3 unspecified atom stereocenters. The molecule has 3 aliphatic heterocycles. The van der Waals surface area contributed by atoms with E-state index in [9.17, 15) is 27.6 Å². The van der Waals surface area contributed by atoms with Gasteiger partial charge in [-0.05, 0) is 18.8 Å². The molecule has 180 valence electrons. The van der Waals surface area contributed by atoms with Gasteiger partial charge in [-0.2, -0.15) is 0 Å². The minimum absolute atomic E-state index is 0.0748.